The maximum atomic E-state index is 11.1. The molecule has 0 bridgehead atoms. The fraction of sp³-hybridized carbons (Fsp3) is 0.111. The van der Waals surface area contributed by atoms with E-state index in [1.165, 1.54) is 11.5 Å². The Labute approximate surface area is 80.9 Å². The van der Waals surface area contributed by atoms with Gasteiger partial charge in [-0.3, -0.25) is 4.90 Å². The molecule has 1 aromatic rings. The van der Waals surface area contributed by atoms with Crippen molar-refractivity contribution in [3.8, 4) is 0 Å². The van der Waals surface area contributed by atoms with Crippen LogP contribution >= 0.6 is 11.6 Å². The lowest BCUT2D eigenvalue weighted by molar-refractivity contribution is 0.196. The van der Waals surface area contributed by atoms with Crippen LogP contribution in [0.15, 0.2) is 24.3 Å². The smallest absolute Gasteiger partial charge is 0.414 e. The molecule has 13 heavy (non-hydrogen) atoms. The van der Waals surface area contributed by atoms with Gasteiger partial charge in [0.1, 0.15) is 0 Å². The summed E-state index contributed by atoms with van der Waals surface area (Å²) in [5.41, 5.74) is 0.795. The van der Waals surface area contributed by atoms with Gasteiger partial charge in [-0.15, -0.1) is 0 Å². The van der Waals surface area contributed by atoms with E-state index >= 15 is 0 Å². The quantitative estimate of drug-likeness (QED) is 0.691. The Morgan fingerprint density at radius 1 is 1.31 bits per heavy atom. The molecular formula is C9H7ClNO2. The van der Waals surface area contributed by atoms with E-state index in [1.54, 1.807) is 24.3 Å². The number of hydrogen-bond acceptors (Lipinski definition) is 2. The summed E-state index contributed by atoms with van der Waals surface area (Å²) in [6.07, 6.45) is -0.345. The van der Waals surface area contributed by atoms with E-state index < -0.39 is 0 Å². The van der Waals surface area contributed by atoms with Crippen molar-refractivity contribution in [1.82, 2.24) is 0 Å². The molecular weight excluding hydrogens is 190 g/mol. The van der Waals surface area contributed by atoms with Crippen LogP contribution in [0.2, 0.25) is 5.02 Å². The van der Waals surface area contributed by atoms with Crippen molar-refractivity contribution in [2.45, 2.75) is 0 Å². The summed E-state index contributed by atoms with van der Waals surface area (Å²) < 4.78 is 4.68. The molecule has 0 N–H and O–H groups in total. The Morgan fingerprint density at radius 2 is 2.00 bits per heavy atom. The Hall–Kier alpha value is -1.22. The van der Waals surface area contributed by atoms with Gasteiger partial charge < -0.3 is 4.74 Å². The number of ether oxygens (including phenoxy) is 1. The number of carbonyl (C=O) groups is 1. The van der Waals surface area contributed by atoms with Crippen LogP contribution in [0.4, 0.5) is 10.5 Å². The summed E-state index contributed by atoms with van der Waals surface area (Å²) >= 11 is 5.71. The molecule has 4 heteroatoms. The van der Waals surface area contributed by atoms with Gasteiger partial charge in [0.05, 0.1) is 6.54 Å². The third kappa shape index (κ3) is 1.60. The van der Waals surface area contributed by atoms with Gasteiger partial charge in [0.2, 0.25) is 0 Å². The number of hydrogen-bond donors (Lipinski definition) is 0. The van der Waals surface area contributed by atoms with Gasteiger partial charge in [-0.25, -0.2) is 4.79 Å². The highest BCUT2D eigenvalue weighted by Gasteiger charge is 2.23. The third-order valence-corrected chi connectivity index (χ3v) is 2.05. The molecule has 1 fully saturated rings. The highest BCUT2D eigenvalue weighted by molar-refractivity contribution is 6.30. The predicted molar refractivity (Wildman–Crippen MR) is 49.6 cm³/mol. The number of nitrogens with zero attached hydrogens (tertiary/aromatic N) is 1. The van der Waals surface area contributed by atoms with E-state index in [9.17, 15) is 4.79 Å². The van der Waals surface area contributed by atoms with Crippen molar-refractivity contribution >= 4 is 23.4 Å². The molecule has 1 heterocycles. The molecule has 1 saturated heterocycles. The Bertz CT molecular complexity index is 323. The fourth-order valence-corrected chi connectivity index (χ4v) is 1.28. The van der Waals surface area contributed by atoms with Gasteiger partial charge in [0.25, 0.3) is 0 Å². The molecule has 0 aliphatic carbocycles. The van der Waals surface area contributed by atoms with Crippen LogP contribution in [0.1, 0.15) is 0 Å². The van der Waals surface area contributed by atoms with Gasteiger partial charge in [0, 0.05) is 10.7 Å². The first-order valence-electron chi connectivity index (χ1n) is 3.83. The number of rotatable bonds is 1. The van der Waals surface area contributed by atoms with E-state index in [-0.39, 0.29) is 6.09 Å². The first kappa shape index (κ1) is 8.38. The molecule has 0 spiro atoms. The highest BCUT2D eigenvalue weighted by Crippen LogP contribution is 2.21. The molecule has 0 saturated carbocycles. The van der Waals surface area contributed by atoms with Crippen LogP contribution in [0.25, 0.3) is 0 Å². The number of anilines is 1. The molecule has 1 amide bonds. The summed E-state index contributed by atoms with van der Waals surface area (Å²) in [7, 11) is 0. The fourth-order valence-electron chi connectivity index (χ4n) is 1.15. The zero-order chi connectivity index (χ0) is 9.26. The number of amides is 1. The van der Waals surface area contributed by atoms with Crippen molar-refractivity contribution in [2.24, 2.45) is 0 Å². The summed E-state index contributed by atoms with van der Waals surface area (Å²) in [6, 6.07) is 7.04. The van der Waals surface area contributed by atoms with Crippen molar-refractivity contribution in [3.05, 3.63) is 35.9 Å². The van der Waals surface area contributed by atoms with E-state index in [0.717, 1.165) is 5.69 Å². The van der Waals surface area contributed by atoms with Gasteiger partial charge in [0.15, 0.2) is 6.61 Å². The number of halogens is 1. The summed E-state index contributed by atoms with van der Waals surface area (Å²) in [4.78, 5) is 12.6. The van der Waals surface area contributed by atoms with E-state index in [0.29, 0.717) is 11.6 Å². The number of carbonyl (C=O) groups excluding carboxylic acids is 1. The number of cyclic esters (lactones) is 1. The van der Waals surface area contributed by atoms with E-state index in [2.05, 4.69) is 4.74 Å². The lowest BCUT2D eigenvalue weighted by Crippen LogP contribution is -2.22. The van der Waals surface area contributed by atoms with Gasteiger partial charge in [-0.2, -0.15) is 0 Å². The lowest BCUT2D eigenvalue weighted by atomic mass is 10.3. The van der Waals surface area contributed by atoms with Crippen molar-refractivity contribution in [1.29, 1.82) is 0 Å². The average molecular weight is 197 g/mol. The molecule has 1 aliphatic rings. The minimum absolute atomic E-state index is 0.345. The second-order valence-electron chi connectivity index (χ2n) is 2.64. The SMILES string of the molecule is O=C1O[CH]CN1c1ccc(Cl)cc1. The monoisotopic (exact) mass is 196 g/mol. The second-order valence-corrected chi connectivity index (χ2v) is 3.07. The molecule has 0 unspecified atom stereocenters. The molecule has 1 radical (unpaired) electrons. The lowest BCUT2D eigenvalue weighted by Gasteiger charge is -2.11. The minimum Gasteiger partial charge on any atom is -0.440 e. The van der Waals surface area contributed by atoms with Crippen molar-refractivity contribution in [2.75, 3.05) is 11.4 Å². The van der Waals surface area contributed by atoms with Gasteiger partial charge in [-0.1, -0.05) is 11.6 Å². The van der Waals surface area contributed by atoms with Crippen molar-refractivity contribution in [3.63, 3.8) is 0 Å². The minimum atomic E-state index is -0.345. The zero-order valence-electron chi connectivity index (χ0n) is 6.74. The molecule has 67 valence electrons. The van der Waals surface area contributed by atoms with Gasteiger partial charge in [-0.05, 0) is 24.3 Å². The van der Waals surface area contributed by atoms with Crippen LogP contribution in [0.5, 0.6) is 0 Å². The molecule has 0 aromatic heterocycles. The van der Waals surface area contributed by atoms with Gasteiger partial charge >= 0.3 is 6.09 Å². The van der Waals surface area contributed by atoms with E-state index in [4.69, 9.17) is 11.6 Å². The standard InChI is InChI=1S/C9H7ClNO2/c10-7-1-3-8(4-2-7)11-5-6-13-9(11)12/h1-4,6H,5H2. The second kappa shape index (κ2) is 3.26. The van der Waals surface area contributed by atoms with Crippen molar-refractivity contribution < 1.29 is 9.53 Å². The maximum Gasteiger partial charge on any atom is 0.414 e. The average Bonchev–Trinajstić information content (AvgIpc) is 2.53. The molecule has 0 atom stereocenters. The maximum absolute atomic E-state index is 11.1. The van der Waals surface area contributed by atoms with Crippen LogP contribution in [-0.4, -0.2) is 12.6 Å². The predicted octanol–water partition coefficient (Wildman–Crippen LogP) is 2.46. The summed E-state index contributed by atoms with van der Waals surface area (Å²) in [6.45, 7) is 1.96. The Morgan fingerprint density at radius 3 is 2.54 bits per heavy atom. The van der Waals surface area contributed by atoms with Crippen LogP contribution < -0.4 is 4.90 Å². The Kier molecular flexibility index (Phi) is 2.10. The zero-order valence-corrected chi connectivity index (χ0v) is 7.49. The third-order valence-electron chi connectivity index (χ3n) is 1.80. The van der Waals surface area contributed by atoms with Crippen LogP contribution in [0.3, 0.4) is 0 Å². The van der Waals surface area contributed by atoms with E-state index in [1.807, 2.05) is 0 Å². The summed E-state index contributed by atoms with van der Waals surface area (Å²) in [5, 5.41) is 0.653. The summed E-state index contributed by atoms with van der Waals surface area (Å²) in [5.74, 6) is 0. The Balaban J connectivity index is 2.25. The van der Waals surface area contributed by atoms with Crippen LogP contribution in [-0.2, 0) is 4.74 Å². The molecule has 1 aliphatic heterocycles. The normalized spacial score (nSPS) is 16.1. The highest BCUT2D eigenvalue weighted by atomic mass is 35.5. The first-order chi connectivity index (χ1) is 6.27. The molecule has 3 nitrogen and oxygen atoms in total. The molecule has 2 rings (SSSR count). The first-order valence-corrected chi connectivity index (χ1v) is 4.20. The molecule has 1 aromatic carbocycles. The topological polar surface area (TPSA) is 29.5 Å². The van der Waals surface area contributed by atoms with Crippen LogP contribution in [0, 0.1) is 6.61 Å². The largest absolute Gasteiger partial charge is 0.440 e. The number of benzene rings is 1.